The van der Waals surface area contributed by atoms with Gasteiger partial charge in [0.15, 0.2) is 4.96 Å². The van der Waals surface area contributed by atoms with Gasteiger partial charge < -0.3 is 9.64 Å². The summed E-state index contributed by atoms with van der Waals surface area (Å²) in [5.41, 5.74) is 5.11. The third kappa shape index (κ3) is 5.51. The topological polar surface area (TPSA) is 46.8 Å². The molecule has 1 unspecified atom stereocenters. The first-order valence-electron chi connectivity index (χ1n) is 12.5. The molecule has 4 aromatic rings. The van der Waals surface area contributed by atoms with Crippen molar-refractivity contribution in [2.45, 2.75) is 51.6 Å². The zero-order valence-electron chi connectivity index (χ0n) is 21.0. The summed E-state index contributed by atoms with van der Waals surface area (Å²) < 4.78 is 8.03. The number of thiazole rings is 1. The van der Waals surface area contributed by atoms with Crippen LogP contribution in [0.1, 0.15) is 55.2 Å². The summed E-state index contributed by atoms with van der Waals surface area (Å²) in [6.45, 7) is 8.57. The molecule has 2 aromatic carbocycles. The lowest BCUT2D eigenvalue weighted by molar-refractivity contribution is 0.0528. The molecular formula is C29H32ClN3O2S. The van der Waals surface area contributed by atoms with Gasteiger partial charge in [-0.1, -0.05) is 56.6 Å². The van der Waals surface area contributed by atoms with Gasteiger partial charge in [0.1, 0.15) is 0 Å². The van der Waals surface area contributed by atoms with E-state index in [-0.39, 0.29) is 17.4 Å². The van der Waals surface area contributed by atoms with E-state index in [1.54, 1.807) is 11.3 Å². The summed E-state index contributed by atoms with van der Waals surface area (Å²) >= 11 is 7.67. The van der Waals surface area contributed by atoms with Crippen molar-refractivity contribution in [3.8, 4) is 11.3 Å². The number of imidazole rings is 1. The summed E-state index contributed by atoms with van der Waals surface area (Å²) in [6, 6.07) is 15.8. The number of aromatic nitrogens is 2. The minimum atomic E-state index is 0.0545. The Labute approximate surface area is 221 Å². The minimum absolute atomic E-state index is 0.0545. The molecule has 5 nitrogen and oxygen atoms in total. The summed E-state index contributed by atoms with van der Waals surface area (Å²) in [6.07, 6.45) is 4.98. The zero-order valence-corrected chi connectivity index (χ0v) is 22.6. The van der Waals surface area contributed by atoms with E-state index in [1.165, 1.54) is 5.56 Å². The summed E-state index contributed by atoms with van der Waals surface area (Å²) in [5, 5.41) is 2.85. The van der Waals surface area contributed by atoms with E-state index in [1.807, 2.05) is 41.3 Å². The highest BCUT2D eigenvalue weighted by Gasteiger charge is 2.24. The van der Waals surface area contributed by atoms with E-state index in [9.17, 15) is 4.79 Å². The fourth-order valence-electron chi connectivity index (χ4n) is 4.62. The van der Waals surface area contributed by atoms with Crippen LogP contribution in [-0.2, 0) is 16.6 Å². The molecule has 0 spiro atoms. The quantitative estimate of drug-likeness (QED) is 0.266. The molecule has 1 fully saturated rings. The largest absolute Gasteiger partial charge is 0.376 e. The molecule has 1 atom stereocenters. The summed E-state index contributed by atoms with van der Waals surface area (Å²) in [4.78, 5) is 21.3. The van der Waals surface area contributed by atoms with Gasteiger partial charge in [-0.2, -0.15) is 0 Å². The highest BCUT2D eigenvalue weighted by Crippen LogP contribution is 2.26. The molecule has 5 rings (SSSR count). The molecule has 1 aliphatic heterocycles. The lowest BCUT2D eigenvalue weighted by Crippen LogP contribution is -2.39. The smallest absolute Gasteiger partial charge is 0.253 e. The molecule has 3 heterocycles. The van der Waals surface area contributed by atoms with Crippen LogP contribution in [0.5, 0.6) is 0 Å². The molecule has 2 aromatic heterocycles. The average Bonchev–Trinajstić information content (AvgIpc) is 3.60. The first kappa shape index (κ1) is 25.0. The molecular weight excluding hydrogens is 490 g/mol. The van der Waals surface area contributed by atoms with Crippen LogP contribution in [0.25, 0.3) is 16.2 Å². The molecule has 0 bridgehead atoms. The van der Waals surface area contributed by atoms with E-state index >= 15 is 0 Å². The molecule has 1 amide bonds. The van der Waals surface area contributed by atoms with Crippen LogP contribution in [-0.4, -0.2) is 46.0 Å². The second kappa shape index (κ2) is 10.4. The number of hydrogen-bond donors (Lipinski definition) is 0. The molecule has 0 radical (unpaired) electrons. The summed E-state index contributed by atoms with van der Waals surface area (Å²) in [5.74, 6) is 0.0601. The van der Waals surface area contributed by atoms with Crippen molar-refractivity contribution in [1.29, 1.82) is 0 Å². The number of amides is 1. The molecule has 0 saturated carbocycles. The number of nitrogens with zero attached hydrogens (tertiary/aromatic N) is 3. The molecule has 188 valence electrons. The molecule has 0 aliphatic carbocycles. The first-order valence-corrected chi connectivity index (χ1v) is 13.8. The molecule has 0 N–H and O–H groups in total. The summed E-state index contributed by atoms with van der Waals surface area (Å²) in [7, 11) is 0. The number of benzene rings is 2. The van der Waals surface area contributed by atoms with E-state index in [4.69, 9.17) is 21.3 Å². The number of carbonyl (C=O) groups is 1. The van der Waals surface area contributed by atoms with Crippen LogP contribution in [0.2, 0.25) is 5.02 Å². The molecule has 1 saturated heterocycles. The number of carbonyl (C=O) groups excluding carboxylic acids is 1. The lowest BCUT2D eigenvalue weighted by atomic mass is 9.86. The zero-order chi connectivity index (χ0) is 25.3. The Kier molecular flexibility index (Phi) is 7.20. The number of halogens is 1. The van der Waals surface area contributed by atoms with E-state index in [0.717, 1.165) is 53.3 Å². The predicted octanol–water partition coefficient (Wildman–Crippen LogP) is 6.88. The second-order valence-electron chi connectivity index (χ2n) is 10.5. The number of hydrogen-bond acceptors (Lipinski definition) is 4. The maximum Gasteiger partial charge on any atom is 0.253 e. The second-order valence-corrected chi connectivity index (χ2v) is 11.7. The van der Waals surface area contributed by atoms with Crippen LogP contribution in [0.3, 0.4) is 0 Å². The van der Waals surface area contributed by atoms with Gasteiger partial charge in [-0.3, -0.25) is 9.20 Å². The Morgan fingerprint density at radius 1 is 1.17 bits per heavy atom. The minimum Gasteiger partial charge on any atom is -0.376 e. The van der Waals surface area contributed by atoms with Crippen molar-refractivity contribution in [1.82, 2.24) is 14.3 Å². The Hall–Kier alpha value is -2.67. The van der Waals surface area contributed by atoms with E-state index < -0.39 is 0 Å². The predicted molar refractivity (Wildman–Crippen MR) is 147 cm³/mol. The van der Waals surface area contributed by atoms with E-state index in [2.05, 4.69) is 48.9 Å². The van der Waals surface area contributed by atoms with Gasteiger partial charge in [-0.15, -0.1) is 11.3 Å². The normalized spacial score (nSPS) is 16.1. The molecule has 36 heavy (non-hydrogen) atoms. The van der Waals surface area contributed by atoms with Crippen molar-refractivity contribution < 1.29 is 9.53 Å². The van der Waals surface area contributed by atoms with Crippen LogP contribution < -0.4 is 0 Å². The number of fused-ring (bicyclic) bond motifs is 1. The van der Waals surface area contributed by atoms with Crippen molar-refractivity contribution in [3.05, 3.63) is 82.0 Å². The highest BCUT2D eigenvalue weighted by molar-refractivity contribution is 7.15. The Bertz CT molecular complexity index is 1330. The molecule has 7 heteroatoms. The maximum absolute atomic E-state index is 13.6. The van der Waals surface area contributed by atoms with Crippen molar-refractivity contribution >= 4 is 33.8 Å². The maximum atomic E-state index is 13.6. The molecule has 1 aliphatic rings. The number of rotatable bonds is 7. The third-order valence-corrected chi connectivity index (χ3v) is 7.94. The van der Waals surface area contributed by atoms with Gasteiger partial charge in [-0.25, -0.2) is 4.98 Å². The monoisotopic (exact) mass is 521 g/mol. The van der Waals surface area contributed by atoms with Crippen LogP contribution in [0.4, 0.5) is 0 Å². The standard InChI is InChI=1S/C29H32ClN3O2S/c1-29(2,3)22-10-6-21(7-11-22)27(34)32(17-25-5-4-16-35-25)15-14-24-19-36-28-31-26(18-33(24)28)20-8-12-23(30)13-9-20/h6-13,18-19,25H,4-5,14-17H2,1-3H3. The highest BCUT2D eigenvalue weighted by atomic mass is 35.5. The van der Waals surface area contributed by atoms with Crippen molar-refractivity contribution in [3.63, 3.8) is 0 Å². The SMILES string of the molecule is CC(C)(C)c1ccc(C(=O)N(CCc2csc3nc(-c4ccc(Cl)cc4)cn23)CC2CCCO2)cc1. The van der Waals surface area contributed by atoms with Gasteiger partial charge in [0.05, 0.1) is 11.8 Å². The van der Waals surface area contributed by atoms with Crippen molar-refractivity contribution in [2.24, 2.45) is 0 Å². The van der Waals surface area contributed by atoms with Gasteiger partial charge in [0.2, 0.25) is 0 Å². The third-order valence-electron chi connectivity index (χ3n) is 6.79. The van der Waals surface area contributed by atoms with Crippen LogP contribution in [0, 0.1) is 0 Å². The lowest BCUT2D eigenvalue weighted by Gasteiger charge is -2.26. The van der Waals surface area contributed by atoms with Gasteiger partial charge in [0.25, 0.3) is 5.91 Å². The first-order chi connectivity index (χ1) is 17.3. The van der Waals surface area contributed by atoms with Crippen LogP contribution in [0.15, 0.2) is 60.1 Å². The Morgan fingerprint density at radius 3 is 2.58 bits per heavy atom. The average molecular weight is 522 g/mol. The number of ether oxygens (including phenoxy) is 1. The van der Waals surface area contributed by atoms with Gasteiger partial charge >= 0.3 is 0 Å². The Morgan fingerprint density at radius 2 is 1.92 bits per heavy atom. The van der Waals surface area contributed by atoms with E-state index in [0.29, 0.717) is 18.1 Å². The van der Waals surface area contributed by atoms with Crippen LogP contribution >= 0.6 is 22.9 Å². The Balaban J connectivity index is 1.34. The van der Waals surface area contributed by atoms with Gasteiger partial charge in [-0.05, 0) is 48.1 Å². The fourth-order valence-corrected chi connectivity index (χ4v) is 5.66. The van der Waals surface area contributed by atoms with Crippen molar-refractivity contribution in [2.75, 3.05) is 19.7 Å². The van der Waals surface area contributed by atoms with Gasteiger partial charge in [0, 0.05) is 59.5 Å². The fraction of sp³-hybridized carbons (Fsp3) is 0.379.